The number of hydrogen-bond donors (Lipinski definition) is 0. The Morgan fingerprint density at radius 1 is 1.13 bits per heavy atom. The monoisotopic (exact) mass is 204 g/mol. The van der Waals surface area contributed by atoms with Crippen LogP contribution in [0.1, 0.15) is 20.8 Å². The highest BCUT2D eigenvalue weighted by atomic mass is 16.5. The zero-order valence-corrected chi connectivity index (χ0v) is 9.61. The highest BCUT2D eigenvalue weighted by Gasteiger charge is 2.04. The molecule has 0 aliphatic rings. The van der Waals surface area contributed by atoms with Crippen molar-refractivity contribution >= 4 is 11.7 Å². The molecule has 0 atom stereocenters. The molecular weight excluding hydrogens is 188 g/mol. The molecule has 0 aromatic heterocycles. The molecule has 0 heterocycles. The zero-order chi connectivity index (χ0) is 11.3. The summed E-state index contributed by atoms with van der Waals surface area (Å²) in [5.41, 5.74) is 0.694. The lowest BCUT2D eigenvalue weighted by atomic mass is 10.1. The van der Waals surface area contributed by atoms with Gasteiger partial charge in [0.2, 0.25) is 0 Å². The molecule has 3 heteroatoms. The second kappa shape index (κ2) is 4.76. The number of ether oxygens (including phenoxy) is 1. The quantitative estimate of drug-likeness (QED) is 0.680. The Kier molecular flexibility index (Phi) is 3.64. The summed E-state index contributed by atoms with van der Waals surface area (Å²) < 4.78 is 5.04. The lowest BCUT2D eigenvalue weighted by molar-refractivity contribution is 0.415. The fourth-order valence-electron chi connectivity index (χ4n) is 0.889. The molecule has 0 bridgehead atoms. The van der Waals surface area contributed by atoms with Crippen LogP contribution in [0.3, 0.4) is 0 Å². The summed E-state index contributed by atoms with van der Waals surface area (Å²) in [5.74, 6) is 0.821. The van der Waals surface area contributed by atoms with E-state index in [1.165, 1.54) is 0 Å². The normalized spacial score (nSPS) is 10.4. The van der Waals surface area contributed by atoms with Gasteiger partial charge < -0.3 is 4.74 Å². The average molecular weight is 204 g/mol. The Labute approximate surface area is 90.5 Å². The number of benzene rings is 1. The molecule has 1 rings (SSSR count). The molecule has 80 valence electrons. The van der Waals surface area contributed by atoms with Crippen molar-refractivity contribution in [1.29, 1.82) is 0 Å². The van der Waals surface area contributed by atoms with Crippen molar-refractivity contribution in [2.24, 2.45) is 9.98 Å². The highest BCUT2D eigenvalue weighted by molar-refractivity contribution is 5.53. The first-order chi connectivity index (χ1) is 7.01. The van der Waals surface area contributed by atoms with Crippen LogP contribution in [-0.4, -0.2) is 18.7 Å². The van der Waals surface area contributed by atoms with Gasteiger partial charge in [-0.2, -0.15) is 4.99 Å². The third kappa shape index (κ3) is 4.43. The molecule has 0 fully saturated rings. The van der Waals surface area contributed by atoms with E-state index < -0.39 is 0 Å². The summed E-state index contributed by atoms with van der Waals surface area (Å²) >= 11 is 0. The average Bonchev–Trinajstić information content (AvgIpc) is 2.17. The summed E-state index contributed by atoms with van der Waals surface area (Å²) in [4.78, 5) is 8.24. The molecule has 0 saturated carbocycles. The minimum atomic E-state index is -0.129. The van der Waals surface area contributed by atoms with E-state index in [1.807, 2.05) is 45.0 Å². The van der Waals surface area contributed by atoms with E-state index in [9.17, 15) is 0 Å². The van der Waals surface area contributed by atoms with Crippen LogP contribution in [0.5, 0.6) is 5.75 Å². The van der Waals surface area contributed by atoms with Gasteiger partial charge in [0.05, 0.1) is 24.3 Å². The lowest BCUT2D eigenvalue weighted by Gasteiger charge is -2.06. The Balaban J connectivity index is 2.77. The molecule has 0 saturated heterocycles. The first-order valence-corrected chi connectivity index (χ1v) is 4.83. The van der Waals surface area contributed by atoms with Gasteiger partial charge in [0.1, 0.15) is 5.75 Å². The van der Waals surface area contributed by atoms with Gasteiger partial charge in [0, 0.05) is 0 Å². The van der Waals surface area contributed by atoms with Crippen molar-refractivity contribution in [2.45, 2.75) is 26.3 Å². The van der Waals surface area contributed by atoms with E-state index in [-0.39, 0.29) is 5.54 Å². The van der Waals surface area contributed by atoms with Crippen LogP contribution in [0.2, 0.25) is 0 Å². The number of aliphatic imine (C=N–C) groups is 2. The van der Waals surface area contributed by atoms with Gasteiger partial charge in [0.15, 0.2) is 0 Å². The van der Waals surface area contributed by atoms with Crippen molar-refractivity contribution in [1.82, 2.24) is 0 Å². The molecule has 0 radical (unpaired) electrons. The second-order valence-electron chi connectivity index (χ2n) is 4.19. The first kappa shape index (κ1) is 11.5. The molecule has 0 unspecified atom stereocenters. The smallest absolute Gasteiger partial charge is 0.119 e. The van der Waals surface area contributed by atoms with Gasteiger partial charge in [-0.15, -0.1) is 0 Å². The van der Waals surface area contributed by atoms with Gasteiger partial charge in [-0.1, -0.05) is 0 Å². The van der Waals surface area contributed by atoms with Crippen molar-refractivity contribution in [3.8, 4) is 5.75 Å². The Morgan fingerprint density at radius 3 is 2.20 bits per heavy atom. The number of nitrogens with zero attached hydrogens (tertiary/aromatic N) is 2. The fraction of sp³-hybridized carbons (Fsp3) is 0.417. The molecule has 1 aromatic rings. The summed E-state index contributed by atoms with van der Waals surface area (Å²) in [6.45, 7) is 6.01. The molecule has 0 N–H and O–H groups in total. The standard InChI is InChI=1S/C12H16N2O/c1-12(2,3)14-9-13-10-5-7-11(15-4)8-6-10/h5-8H,1-4H3. The third-order valence-electron chi connectivity index (χ3n) is 1.64. The van der Waals surface area contributed by atoms with Crippen molar-refractivity contribution in [2.75, 3.05) is 7.11 Å². The summed E-state index contributed by atoms with van der Waals surface area (Å²) in [7, 11) is 1.64. The SMILES string of the molecule is COc1ccc(N=C=NC(C)(C)C)cc1. The molecule has 1 aromatic carbocycles. The van der Waals surface area contributed by atoms with E-state index >= 15 is 0 Å². The van der Waals surface area contributed by atoms with Crippen LogP contribution in [0.4, 0.5) is 5.69 Å². The largest absolute Gasteiger partial charge is 0.497 e. The lowest BCUT2D eigenvalue weighted by Crippen LogP contribution is -2.07. The van der Waals surface area contributed by atoms with Crippen LogP contribution in [0.15, 0.2) is 34.3 Å². The van der Waals surface area contributed by atoms with Crippen LogP contribution < -0.4 is 4.74 Å². The topological polar surface area (TPSA) is 34.0 Å². The molecule has 0 aliphatic heterocycles. The fourth-order valence-corrected chi connectivity index (χ4v) is 0.889. The Bertz CT molecular complexity index is 368. The van der Waals surface area contributed by atoms with E-state index in [1.54, 1.807) is 7.11 Å². The van der Waals surface area contributed by atoms with Crippen molar-refractivity contribution in [3.05, 3.63) is 24.3 Å². The van der Waals surface area contributed by atoms with Gasteiger partial charge in [-0.25, -0.2) is 4.99 Å². The predicted octanol–water partition coefficient (Wildman–Crippen LogP) is 3.30. The zero-order valence-electron chi connectivity index (χ0n) is 9.61. The molecular formula is C12H16N2O. The minimum absolute atomic E-state index is 0.129. The van der Waals surface area contributed by atoms with E-state index in [0.29, 0.717) is 0 Å². The number of hydrogen-bond acceptors (Lipinski definition) is 3. The van der Waals surface area contributed by atoms with Crippen LogP contribution in [-0.2, 0) is 0 Å². The highest BCUT2D eigenvalue weighted by Crippen LogP contribution is 2.16. The minimum Gasteiger partial charge on any atom is -0.497 e. The molecule has 0 amide bonds. The molecule has 15 heavy (non-hydrogen) atoms. The number of rotatable bonds is 2. The molecule has 0 aliphatic carbocycles. The predicted molar refractivity (Wildman–Crippen MR) is 62.3 cm³/mol. The van der Waals surface area contributed by atoms with E-state index in [2.05, 4.69) is 16.0 Å². The number of methoxy groups -OCH3 is 1. The van der Waals surface area contributed by atoms with Crippen molar-refractivity contribution < 1.29 is 4.74 Å². The maximum Gasteiger partial charge on any atom is 0.119 e. The maximum atomic E-state index is 5.04. The van der Waals surface area contributed by atoms with Crippen LogP contribution in [0, 0.1) is 0 Å². The third-order valence-corrected chi connectivity index (χ3v) is 1.64. The molecule has 3 nitrogen and oxygen atoms in total. The maximum absolute atomic E-state index is 5.04. The summed E-state index contributed by atoms with van der Waals surface area (Å²) in [5, 5.41) is 0. The Morgan fingerprint density at radius 2 is 1.73 bits per heavy atom. The summed E-state index contributed by atoms with van der Waals surface area (Å²) in [6.07, 6.45) is 0. The van der Waals surface area contributed by atoms with Crippen molar-refractivity contribution in [3.63, 3.8) is 0 Å². The first-order valence-electron chi connectivity index (χ1n) is 4.83. The molecule has 0 spiro atoms. The van der Waals surface area contributed by atoms with E-state index in [0.717, 1.165) is 11.4 Å². The van der Waals surface area contributed by atoms with Crippen LogP contribution in [0.25, 0.3) is 0 Å². The van der Waals surface area contributed by atoms with Gasteiger partial charge in [0.25, 0.3) is 0 Å². The van der Waals surface area contributed by atoms with Crippen LogP contribution >= 0.6 is 0 Å². The van der Waals surface area contributed by atoms with E-state index in [4.69, 9.17) is 4.74 Å². The summed E-state index contributed by atoms with van der Waals surface area (Å²) in [6, 6.07) is 10.1. The Hall–Kier alpha value is -1.60. The second-order valence-corrected chi connectivity index (χ2v) is 4.19. The van der Waals surface area contributed by atoms with Gasteiger partial charge >= 0.3 is 0 Å². The van der Waals surface area contributed by atoms with Gasteiger partial charge in [-0.05, 0) is 45.0 Å². The van der Waals surface area contributed by atoms with Gasteiger partial charge in [-0.3, -0.25) is 0 Å².